The highest BCUT2D eigenvalue weighted by Crippen LogP contribution is 2.30. The third-order valence-electron chi connectivity index (χ3n) is 7.25. The van der Waals surface area contributed by atoms with Gasteiger partial charge in [-0.15, -0.1) is 0 Å². The number of aromatic hydroxyl groups is 1. The molecule has 0 aromatic heterocycles. The third kappa shape index (κ3) is 10.2. The van der Waals surface area contributed by atoms with Gasteiger partial charge in [-0.25, -0.2) is 4.79 Å². The number of nitrogens with zero attached hydrogens (tertiary/aromatic N) is 1. The number of alkyl carbamates (subject to hydrolysis) is 1. The molecule has 8 nitrogen and oxygen atoms in total. The van der Waals surface area contributed by atoms with Crippen LogP contribution in [0.2, 0.25) is 0 Å². The predicted molar refractivity (Wildman–Crippen MR) is 180 cm³/mol. The van der Waals surface area contributed by atoms with Gasteiger partial charge in [-0.2, -0.15) is 11.8 Å². The van der Waals surface area contributed by atoms with E-state index in [0.29, 0.717) is 42.0 Å². The van der Waals surface area contributed by atoms with Crippen LogP contribution in [0, 0.1) is 6.92 Å². The number of aryl methyl sites for hydroxylation is 1. The largest absolute Gasteiger partial charge is 0.508 e. The van der Waals surface area contributed by atoms with E-state index in [1.807, 2.05) is 48.7 Å². The maximum Gasteiger partial charge on any atom is 0.408 e. The van der Waals surface area contributed by atoms with Crippen molar-refractivity contribution in [2.45, 2.75) is 84.4 Å². The normalized spacial score (nSPS) is 12.8. The summed E-state index contributed by atoms with van der Waals surface area (Å²) in [6.07, 6.45) is 5.24. The van der Waals surface area contributed by atoms with Gasteiger partial charge in [0.15, 0.2) is 0 Å². The van der Waals surface area contributed by atoms with Crippen molar-refractivity contribution >= 4 is 46.1 Å². The van der Waals surface area contributed by atoms with E-state index in [0.717, 1.165) is 30.0 Å². The Morgan fingerprint density at radius 3 is 2.36 bits per heavy atom. The summed E-state index contributed by atoms with van der Waals surface area (Å²) in [6, 6.07) is 16.7. The summed E-state index contributed by atoms with van der Waals surface area (Å²) in [6.45, 7) is 9.50. The smallest absolute Gasteiger partial charge is 0.408 e. The van der Waals surface area contributed by atoms with Crippen LogP contribution in [0.1, 0.15) is 77.0 Å². The quantitative estimate of drug-likeness (QED) is 0.160. The summed E-state index contributed by atoms with van der Waals surface area (Å²) < 4.78 is 5.49. The molecule has 3 aromatic carbocycles. The molecule has 2 unspecified atom stereocenters. The second-order valence-electron chi connectivity index (χ2n) is 12.1. The average Bonchev–Trinajstić information content (AvgIpc) is 2.97. The zero-order valence-electron chi connectivity index (χ0n) is 26.8. The highest BCUT2D eigenvalue weighted by Gasteiger charge is 2.36. The molecular weight excluding hydrogens is 574 g/mol. The molecule has 9 heteroatoms. The minimum absolute atomic E-state index is 0.104. The summed E-state index contributed by atoms with van der Waals surface area (Å²) in [5, 5.41) is 18.1. The van der Waals surface area contributed by atoms with E-state index in [2.05, 4.69) is 17.6 Å². The standard InChI is InChI=1S/C35H47N3O5S/c1-7-8-9-12-20-38(33(41)29(19-21-44-6)37-34(42)43-35(3,4)5)31(27-16-18-30(39)24(2)22-27)32(40)36-28-17-15-25-13-10-11-14-26(25)23-28/h10-11,13-18,22-23,29,31,39H,7-9,12,19-21H2,1-6H3,(H,36,40)(H,37,42). The van der Waals surface area contributed by atoms with Gasteiger partial charge in [-0.3, -0.25) is 9.59 Å². The van der Waals surface area contributed by atoms with Crippen molar-refractivity contribution in [2.75, 3.05) is 23.9 Å². The van der Waals surface area contributed by atoms with Crippen LogP contribution < -0.4 is 10.6 Å². The van der Waals surface area contributed by atoms with Crippen molar-refractivity contribution < 1.29 is 24.2 Å². The summed E-state index contributed by atoms with van der Waals surface area (Å²) >= 11 is 1.57. The average molecular weight is 622 g/mol. The number of thioether (sulfide) groups is 1. The Hall–Kier alpha value is -3.72. The molecule has 3 rings (SSSR count). The van der Waals surface area contributed by atoms with Gasteiger partial charge >= 0.3 is 6.09 Å². The van der Waals surface area contributed by atoms with E-state index in [-0.39, 0.29) is 17.6 Å². The van der Waals surface area contributed by atoms with E-state index < -0.39 is 23.8 Å². The fourth-order valence-corrected chi connectivity index (χ4v) is 5.49. The number of anilines is 1. The second kappa shape index (κ2) is 16.4. The number of unbranched alkanes of at least 4 members (excludes halogenated alkanes) is 3. The fraction of sp³-hybridized carbons (Fsp3) is 0.457. The first-order valence-electron chi connectivity index (χ1n) is 15.3. The number of phenolic OH excluding ortho intramolecular Hbond substituents is 1. The maximum atomic E-state index is 14.4. The lowest BCUT2D eigenvalue weighted by molar-refractivity contribution is -0.141. The third-order valence-corrected chi connectivity index (χ3v) is 7.89. The van der Waals surface area contributed by atoms with Crippen molar-refractivity contribution in [1.29, 1.82) is 0 Å². The maximum absolute atomic E-state index is 14.4. The van der Waals surface area contributed by atoms with Crippen LogP contribution in [0.15, 0.2) is 60.7 Å². The van der Waals surface area contributed by atoms with Gasteiger partial charge in [0.2, 0.25) is 5.91 Å². The highest BCUT2D eigenvalue weighted by atomic mass is 32.2. The number of benzene rings is 3. The molecule has 238 valence electrons. The van der Waals surface area contributed by atoms with Gasteiger partial charge in [0.1, 0.15) is 23.4 Å². The van der Waals surface area contributed by atoms with E-state index in [1.54, 1.807) is 62.6 Å². The fourth-order valence-electron chi connectivity index (χ4n) is 5.02. The predicted octanol–water partition coefficient (Wildman–Crippen LogP) is 7.59. The Bertz CT molecular complexity index is 1420. The van der Waals surface area contributed by atoms with Gasteiger partial charge in [-0.05, 0) is 98.7 Å². The number of phenols is 1. The SMILES string of the molecule is CCCCCCN(C(=O)C(CCSC)NC(=O)OC(C)(C)C)C(C(=O)Nc1ccc2ccccc2c1)c1ccc(O)c(C)c1. The summed E-state index contributed by atoms with van der Waals surface area (Å²) in [5.41, 5.74) is 1.04. The van der Waals surface area contributed by atoms with Crippen LogP contribution in [-0.4, -0.2) is 58.1 Å². The summed E-state index contributed by atoms with van der Waals surface area (Å²) in [4.78, 5) is 43.1. The van der Waals surface area contributed by atoms with E-state index >= 15 is 0 Å². The minimum Gasteiger partial charge on any atom is -0.508 e. The van der Waals surface area contributed by atoms with Crippen LogP contribution in [0.3, 0.4) is 0 Å². The van der Waals surface area contributed by atoms with Crippen molar-refractivity contribution in [3.05, 3.63) is 71.8 Å². The van der Waals surface area contributed by atoms with Gasteiger partial charge in [0.25, 0.3) is 5.91 Å². The molecule has 2 atom stereocenters. The van der Waals surface area contributed by atoms with Crippen LogP contribution in [-0.2, 0) is 14.3 Å². The lowest BCUT2D eigenvalue weighted by atomic mass is 9.99. The molecule has 3 aromatic rings. The number of hydrogen-bond acceptors (Lipinski definition) is 6. The second-order valence-corrected chi connectivity index (χ2v) is 13.1. The topological polar surface area (TPSA) is 108 Å². The van der Waals surface area contributed by atoms with E-state index in [1.165, 1.54) is 0 Å². The molecule has 0 aliphatic carbocycles. The molecule has 3 N–H and O–H groups in total. The van der Waals surface area contributed by atoms with Crippen molar-refractivity contribution in [3.8, 4) is 5.75 Å². The first-order valence-corrected chi connectivity index (χ1v) is 16.7. The molecule has 0 radical (unpaired) electrons. The number of nitrogens with one attached hydrogen (secondary N) is 2. The van der Waals surface area contributed by atoms with E-state index in [9.17, 15) is 19.5 Å². The van der Waals surface area contributed by atoms with Gasteiger partial charge in [0.05, 0.1) is 0 Å². The Balaban J connectivity index is 2.05. The molecule has 0 aliphatic heterocycles. The lowest BCUT2D eigenvalue weighted by Crippen LogP contribution is -2.52. The molecule has 0 saturated carbocycles. The first kappa shape index (κ1) is 34.8. The van der Waals surface area contributed by atoms with Crippen LogP contribution in [0.5, 0.6) is 5.75 Å². The van der Waals surface area contributed by atoms with Crippen molar-refractivity contribution in [2.24, 2.45) is 0 Å². The highest BCUT2D eigenvalue weighted by molar-refractivity contribution is 7.98. The molecule has 0 bridgehead atoms. The Morgan fingerprint density at radius 1 is 0.977 bits per heavy atom. The number of fused-ring (bicyclic) bond motifs is 1. The van der Waals surface area contributed by atoms with Crippen molar-refractivity contribution in [1.82, 2.24) is 10.2 Å². The number of carbonyl (C=O) groups is 3. The minimum atomic E-state index is -1.01. The first-order chi connectivity index (χ1) is 20.9. The lowest BCUT2D eigenvalue weighted by Gasteiger charge is -2.35. The Kier molecular flexibility index (Phi) is 12.9. The zero-order chi connectivity index (χ0) is 32.3. The summed E-state index contributed by atoms with van der Waals surface area (Å²) in [7, 11) is 0. The summed E-state index contributed by atoms with van der Waals surface area (Å²) in [5.74, 6) is -0.00380. The number of rotatable bonds is 14. The molecule has 44 heavy (non-hydrogen) atoms. The van der Waals surface area contributed by atoms with Crippen LogP contribution in [0.4, 0.5) is 10.5 Å². The van der Waals surface area contributed by atoms with Gasteiger partial charge < -0.3 is 25.4 Å². The number of ether oxygens (including phenoxy) is 1. The van der Waals surface area contributed by atoms with Crippen LogP contribution >= 0.6 is 11.8 Å². The van der Waals surface area contributed by atoms with Gasteiger partial charge in [0, 0.05) is 12.2 Å². The Labute approximate surface area is 265 Å². The molecular formula is C35H47N3O5S. The Morgan fingerprint density at radius 2 is 1.70 bits per heavy atom. The molecule has 3 amide bonds. The van der Waals surface area contributed by atoms with E-state index in [4.69, 9.17) is 4.74 Å². The molecule has 0 aliphatic rings. The number of hydrogen-bond donors (Lipinski definition) is 3. The van der Waals surface area contributed by atoms with Crippen molar-refractivity contribution in [3.63, 3.8) is 0 Å². The molecule has 0 saturated heterocycles. The molecule has 0 fully saturated rings. The molecule has 0 heterocycles. The number of amides is 3. The number of carbonyl (C=O) groups excluding carboxylic acids is 3. The van der Waals surface area contributed by atoms with Gasteiger partial charge in [-0.1, -0.05) is 62.6 Å². The van der Waals surface area contributed by atoms with Crippen LogP contribution in [0.25, 0.3) is 10.8 Å². The monoisotopic (exact) mass is 621 g/mol. The molecule has 0 spiro atoms. The zero-order valence-corrected chi connectivity index (χ0v) is 27.6.